The first-order valence-corrected chi connectivity index (χ1v) is 6.90. The quantitative estimate of drug-likeness (QED) is 0.749. The maximum atomic E-state index is 11.5. The van der Waals surface area contributed by atoms with Crippen molar-refractivity contribution < 1.29 is 0 Å². The lowest BCUT2D eigenvalue weighted by Crippen LogP contribution is -2.39. The zero-order valence-corrected chi connectivity index (χ0v) is 10.5. The molecule has 5 nitrogen and oxygen atoms in total. The van der Waals surface area contributed by atoms with E-state index in [0.717, 1.165) is 31.8 Å². The van der Waals surface area contributed by atoms with Crippen LogP contribution in [0.15, 0.2) is 10.9 Å². The molecule has 1 aromatic heterocycles. The maximum absolute atomic E-state index is 11.5. The fraction of sp³-hybridized carbons (Fsp3) is 0.692. The van der Waals surface area contributed by atoms with Crippen LogP contribution >= 0.6 is 0 Å². The number of anilines is 1. The first kappa shape index (κ1) is 11.7. The smallest absolute Gasteiger partial charge is 0.252 e. The van der Waals surface area contributed by atoms with Crippen LogP contribution in [0, 0.1) is 0 Å². The van der Waals surface area contributed by atoms with E-state index in [1.807, 2.05) is 0 Å². The number of rotatable bonds is 4. The van der Waals surface area contributed by atoms with E-state index in [4.69, 9.17) is 0 Å². The van der Waals surface area contributed by atoms with Gasteiger partial charge in [0.1, 0.15) is 11.6 Å². The van der Waals surface area contributed by atoms with Crippen LogP contribution in [0.25, 0.3) is 0 Å². The Balaban J connectivity index is 1.62. The van der Waals surface area contributed by atoms with E-state index in [-0.39, 0.29) is 5.56 Å². The molecule has 0 bridgehead atoms. The Bertz CT molecular complexity index is 460. The summed E-state index contributed by atoms with van der Waals surface area (Å²) in [7, 11) is 0. The molecule has 2 aliphatic rings. The number of aromatic nitrogens is 2. The van der Waals surface area contributed by atoms with Crippen molar-refractivity contribution in [1.29, 1.82) is 0 Å². The van der Waals surface area contributed by atoms with Gasteiger partial charge in [0.15, 0.2) is 0 Å². The van der Waals surface area contributed by atoms with E-state index in [0.29, 0.717) is 17.8 Å². The Labute approximate surface area is 106 Å². The van der Waals surface area contributed by atoms with Gasteiger partial charge in [-0.05, 0) is 32.2 Å². The van der Waals surface area contributed by atoms with Crippen LogP contribution in [0.5, 0.6) is 0 Å². The first-order chi connectivity index (χ1) is 8.81. The zero-order chi connectivity index (χ0) is 12.4. The van der Waals surface area contributed by atoms with Gasteiger partial charge in [-0.25, -0.2) is 4.98 Å². The Morgan fingerprint density at radius 3 is 2.94 bits per heavy atom. The lowest BCUT2D eigenvalue weighted by atomic mass is 10.1. The van der Waals surface area contributed by atoms with E-state index in [1.165, 1.54) is 19.3 Å². The summed E-state index contributed by atoms with van der Waals surface area (Å²) in [4.78, 5) is 18.9. The number of hydrogen-bond donors (Lipinski definition) is 3. The van der Waals surface area contributed by atoms with Crippen molar-refractivity contribution in [1.82, 2.24) is 15.3 Å². The van der Waals surface area contributed by atoms with E-state index in [2.05, 4.69) is 20.6 Å². The van der Waals surface area contributed by atoms with Crippen LogP contribution in [-0.2, 0) is 0 Å². The number of nitrogens with one attached hydrogen (secondary N) is 3. The second-order valence-electron chi connectivity index (χ2n) is 5.32. The van der Waals surface area contributed by atoms with Gasteiger partial charge < -0.3 is 15.6 Å². The number of H-pyrrole nitrogens is 1. The fourth-order valence-corrected chi connectivity index (χ4v) is 2.44. The van der Waals surface area contributed by atoms with Crippen molar-refractivity contribution >= 4 is 5.82 Å². The number of aromatic amines is 1. The standard InChI is InChI=1S/C13H20N4O/c18-12-7-11(16-13(17-12)9-4-5-9)15-8-10-3-1-2-6-14-10/h7,9-10,14H,1-6,8H2,(H2,15,16,17,18). The van der Waals surface area contributed by atoms with Gasteiger partial charge in [-0.3, -0.25) is 4.79 Å². The third-order valence-corrected chi connectivity index (χ3v) is 3.67. The molecule has 1 unspecified atom stereocenters. The van der Waals surface area contributed by atoms with E-state index < -0.39 is 0 Å². The average Bonchev–Trinajstić information content (AvgIpc) is 3.21. The summed E-state index contributed by atoms with van der Waals surface area (Å²) < 4.78 is 0. The predicted octanol–water partition coefficient (Wildman–Crippen LogP) is 1.20. The molecule has 0 radical (unpaired) electrons. The van der Waals surface area contributed by atoms with Crippen molar-refractivity contribution in [2.45, 2.75) is 44.1 Å². The van der Waals surface area contributed by atoms with E-state index in [1.54, 1.807) is 6.07 Å². The normalized spacial score (nSPS) is 23.9. The summed E-state index contributed by atoms with van der Waals surface area (Å²) >= 11 is 0. The Hall–Kier alpha value is -1.36. The molecule has 1 aliphatic heterocycles. The third kappa shape index (κ3) is 2.90. The summed E-state index contributed by atoms with van der Waals surface area (Å²) in [6.07, 6.45) is 6.06. The molecule has 98 valence electrons. The Morgan fingerprint density at radius 1 is 1.33 bits per heavy atom. The summed E-state index contributed by atoms with van der Waals surface area (Å²) in [6.45, 7) is 1.95. The lowest BCUT2D eigenvalue weighted by molar-refractivity contribution is 0.414. The average molecular weight is 248 g/mol. The Morgan fingerprint density at radius 2 is 2.22 bits per heavy atom. The number of piperidine rings is 1. The highest BCUT2D eigenvalue weighted by atomic mass is 16.1. The largest absolute Gasteiger partial charge is 0.368 e. The minimum Gasteiger partial charge on any atom is -0.368 e. The summed E-state index contributed by atoms with van der Waals surface area (Å²) in [5, 5.41) is 6.76. The van der Waals surface area contributed by atoms with Gasteiger partial charge in [-0.15, -0.1) is 0 Å². The Kier molecular flexibility index (Phi) is 3.32. The van der Waals surface area contributed by atoms with Crippen molar-refractivity contribution in [3.05, 3.63) is 22.2 Å². The second kappa shape index (κ2) is 5.10. The molecule has 1 atom stereocenters. The minimum atomic E-state index is -0.0500. The van der Waals surface area contributed by atoms with Crippen LogP contribution < -0.4 is 16.2 Å². The van der Waals surface area contributed by atoms with Crippen LogP contribution in [0.2, 0.25) is 0 Å². The van der Waals surface area contributed by atoms with Gasteiger partial charge in [0, 0.05) is 24.6 Å². The van der Waals surface area contributed by atoms with E-state index >= 15 is 0 Å². The van der Waals surface area contributed by atoms with Gasteiger partial charge in [-0.2, -0.15) is 0 Å². The molecular weight excluding hydrogens is 228 g/mol. The van der Waals surface area contributed by atoms with Crippen LogP contribution in [0.4, 0.5) is 5.82 Å². The van der Waals surface area contributed by atoms with Gasteiger partial charge >= 0.3 is 0 Å². The van der Waals surface area contributed by atoms with Crippen molar-refractivity contribution in [2.75, 3.05) is 18.4 Å². The fourth-order valence-electron chi connectivity index (χ4n) is 2.44. The van der Waals surface area contributed by atoms with Gasteiger partial charge in [0.05, 0.1) is 0 Å². The molecule has 1 saturated carbocycles. The third-order valence-electron chi connectivity index (χ3n) is 3.67. The number of nitrogens with zero attached hydrogens (tertiary/aromatic N) is 1. The molecular formula is C13H20N4O. The van der Waals surface area contributed by atoms with E-state index in [9.17, 15) is 4.79 Å². The highest BCUT2D eigenvalue weighted by molar-refractivity contribution is 5.34. The van der Waals surface area contributed by atoms with Crippen molar-refractivity contribution in [3.63, 3.8) is 0 Å². The molecule has 3 N–H and O–H groups in total. The molecule has 0 spiro atoms. The molecule has 18 heavy (non-hydrogen) atoms. The zero-order valence-electron chi connectivity index (χ0n) is 10.5. The van der Waals surface area contributed by atoms with Gasteiger partial charge in [0.2, 0.25) is 0 Å². The van der Waals surface area contributed by atoms with Gasteiger partial charge in [-0.1, -0.05) is 6.42 Å². The van der Waals surface area contributed by atoms with Crippen LogP contribution in [0.3, 0.4) is 0 Å². The molecule has 2 fully saturated rings. The summed E-state index contributed by atoms with van der Waals surface area (Å²) in [5.74, 6) is 2.04. The highest BCUT2D eigenvalue weighted by Crippen LogP contribution is 2.37. The molecule has 3 rings (SSSR count). The molecule has 1 aliphatic carbocycles. The molecule has 2 heterocycles. The van der Waals surface area contributed by atoms with Crippen LogP contribution in [-0.4, -0.2) is 29.1 Å². The lowest BCUT2D eigenvalue weighted by Gasteiger charge is -2.23. The second-order valence-corrected chi connectivity index (χ2v) is 5.32. The molecule has 0 aromatic carbocycles. The minimum absolute atomic E-state index is 0.0500. The number of hydrogen-bond acceptors (Lipinski definition) is 4. The highest BCUT2D eigenvalue weighted by Gasteiger charge is 2.26. The monoisotopic (exact) mass is 248 g/mol. The molecule has 1 saturated heterocycles. The van der Waals surface area contributed by atoms with Crippen molar-refractivity contribution in [3.8, 4) is 0 Å². The first-order valence-electron chi connectivity index (χ1n) is 6.90. The summed E-state index contributed by atoms with van der Waals surface area (Å²) in [6, 6.07) is 2.05. The van der Waals surface area contributed by atoms with Crippen molar-refractivity contribution in [2.24, 2.45) is 0 Å². The molecule has 5 heteroatoms. The molecule has 0 amide bonds. The SMILES string of the molecule is O=c1cc(NCC2CCCCN2)nc(C2CC2)[nH]1. The predicted molar refractivity (Wildman–Crippen MR) is 71.0 cm³/mol. The topological polar surface area (TPSA) is 69.8 Å². The molecule has 1 aromatic rings. The van der Waals surface area contributed by atoms with Gasteiger partial charge in [0.25, 0.3) is 5.56 Å². The van der Waals surface area contributed by atoms with Crippen LogP contribution in [0.1, 0.15) is 43.8 Å². The summed E-state index contributed by atoms with van der Waals surface area (Å²) in [5.41, 5.74) is -0.0500. The maximum Gasteiger partial charge on any atom is 0.252 e.